The van der Waals surface area contributed by atoms with Crippen molar-refractivity contribution in [2.45, 2.75) is 183 Å². The lowest BCUT2D eigenvalue weighted by molar-refractivity contribution is 0.0750. The smallest absolute Gasteiger partial charge is 0.273 e. The van der Waals surface area contributed by atoms with E-state index < -0.39 is 0 Å². The van der Waals surface area contributed by atoms with Crippen molar-refractivity contribution in [3.05, 3.63) is 125 Å². The van der Waals surface area contributed by atoms with E-state index >= 15 is 0 Å². The molecule has 2 aliphatic carbocycles. The summed E-state index contributed by atoms with van der Waals surface area (Å²) in [6.07, 6.45) is 21.6. The summed E-state index contributed by atoms with van der Waals surface area (Å²) in [6.45, 7) is 27.4. The van der Waals surface area contributed by atoms with Gasteiger partial charge in [-0.15, -0.1) is 24.8 Å². The summed E-state index contributed by atoms with van der Waals surface area (Å²) in [4.78, 5) is 45.8. The van der Waals surface area contributed by atoms with E-state index in [1.54, 1.807) is 55.9 Å². The van der Waals surface area contributed by atoms with E-state index in [4.69, 9.17) is 37.8 Å². The van der Waals surface area contributed by atoms with Crippen molar-refractivity contribution in [2.75, 3.05) is 25.5 Å². The minimum atomic E-state index is -0.364. The summed E-state index contributed by atoms with van der Waals surface area (Å²) in [7, 11) is 1.68. The van der Waals surface area contributed by atoms with Gasteiger partial charge in [0.1, 0.15) is 11.5 Å². The lowest BCUT2D eigenvalue weighted by Gasteiger charge is -2.23. The Hall–Kier alpha value is -5.79. The maximum atomic E-state index is 13.0. The van der Waals surface area contributed by atoms with Gasteiger partial charge in [-0.05, 0) is 133 Å². The van der Waals surface area contributed by atoms with Crippen molar-refractivity contribution in [2.24, 2.45) is 10.1 Å². The van der Waals surface area contributed by atoms with Gasteiger partial charge in [0, 0.05) is 59.6 Å². The van der Waals surface area contributed by atoms with Gasteiger partial charge >= 0.3 is 0 Å². The fraction of sp³-hybridized carbons (Fsp3) is 0.517. The molecular weight excluding hydrogens is 984 g/mol. The number of aryl methyl sites for hydroxylation is 1. The highest BCUT2D eigenvalue weighted by Crippen LogP contribution is 2.33. The summed E-state index contributed by atoms with van der Waals surface area (Å²) in [5.74, 6) is 1.27. The Morgan fingerprint density at radius 2 is 1.43 bits per heavy atom. The second kappa shape index (κ2) is 37.0. The standard InChI is InChI=1S/C23H28Cl2N4O.C19H20N4O2.C10H18O2.3C2H6.C2H4/c1-2-6-20-17-10-9-15(13-21(17)29(28-20)16-7-4-3-5-8-16)23(30)27-22-18(24)11-12-26-14-19(22)25;1-2-16-6-4-12-23(22-16)19(25)14-7-9-17(10-8-14)21-18(24)15-5-3-11-20-13-15;1-8(11-3)9(2)12-10-6-4-5-7-10;4*1-2/h9-10,13-14,16,18H,2-8,11-12H2,1H3,(H,27,30);3,5,7-11,13H,2,4,6,12H2,1H3,(H,21,24);10H,4-7H2,1-3H3;3*1-2H3;1-2H2/b;;9-8-;;;;. The number of aliphatic imine (C=N–C) groups is 1. The van der Waals surface area contributed by atoms with Crippen LogP contribution in [-0.2, 0) is 15.9 Å². The third-order valence-electron chi connectivity index (χ3n) is 12.5. The van der Waals surface area contributed by atoms with Crippen molar-refractivity contribution in [1.29, 1.82) is 0 Å². The maximum Gasteiger partial charge on any atom is 0.273 e. The number of benzene rings is 2. The van der Waals surface area contributed by atoms with E-state index in [0.717, 1.165) is 78.8 Å². The number of carbonyl (C=O) groups is 3. The number of alkyl halides is 1. The number of pyridine rings is 1. The van der Waals surface area contributed by atoms with Crippen LogP contribution in [0.2, 0.25) is 0 Å². The van der Waals surface area contributed by atoms with Gasteiger partial charge in [-0.1, -0.05) is 98.7 Å². The molecule has 412 valence electrons. The summed E-state index contributed by atoms with van der Waals surface area (Å²) in [5, 5.41) is 17.8. The first-order chi connectivity index (χ1) is 36.5. The number of nitrogens with one attached hydrogen (secondary N) is 2. The molecule has 0 saturated heterocycles. The highest BCUT2D eigenvalue weighted by molar-refractivity contribution is 6.40. The highest BCUT2D eigenvalue weighted by Gasteiger charge is 2.24. The van der Waals surface area contributed by atoms with Gasteiger partial charge in [-0.2, -0.15) is 10.2 Å². The number of allylic oxidation sites excluding steroid dienone is 4. The van der Waals surface area contributed by atoms with Crippen LogP contribution in [0.4, 0.5) is 5.69 Å². The predicted molar refractivity (Wildman–Crippen MR) is 314 cm³/mol. The molecule has 2 aromatic heterocycles. The van der Waals surface area contributed by atoms with E-state index in [9.17, 15) is 14.4 Å². The van der Waals surface area contributed by atoms with Crippen molar-refractivity contribution in [3.63, 3.8) is 0 Å². The third kappa shape index (κ3) is 20.7. The number of amides is 3. The average molecular weight is 1070 g/mol. The quantitative estimate of drug-likeness (QED) is 0.0814. The number of anilines is 1. The largest absolute Gasteiger partial charge is 0.498 e. The number of nitrogens with zero attached hydrogens (tertiary/aromatic N) is 6. The number of rotatable bonds is 12. The minimum absolute atomic E-state index is 0.115. The van der Waals surface area contributed by atoms with Gasteiger partial charge in [-0.3, -0.25) is 29.0 Å². The zero-order chi connectivity index (χ0) is 55.7. The lowest BCUT2D eigenvalue weighted by Crippen LogP contribution is -2.31. The molecule has 4 aliphatic rings. The lowest BCUT2D eigenvalue weighted by atomic mass is 9.95. The second-order valence-corrected chi connectivity index (χ2v) is 18.3. The second-order valence-electron chi connectivity index (χ2n) is 17.3. The number of carbonyl (C=O) groups excluding carboxylic acids is 3. The van der Waals surface area contributed by atoms with Crippen LogP contribution in [0.25, 0.3) is 10.9 Å². The molecule has 0 spiro atoms. The van der Waals surface area contributed by atoms with Gasteiger partial charge in [-0.25, -0.2) is 5.01 Å². The normalized spacial score (nSPS) is 16.5. The van der Waals surface area contributed by atoms with Crippen LogP contribution in [0, 0.1) is 0 Å². The fourth-order valence-corrected chi connectivity index (χ4v) is 9.10. The summed E-state index contributed by atoms with van der Waals surface area (Å²) >= 11 is 12.7. The molecule has 2 aliphatic heterocycles. The minimum Gasteiger partial charge on any atom is -0.498 e. The Bertz CT molecular complexity index is 2440. The molecule has 8 rings (SSSR count). The number of hydrogen-bond donors (Lipinski definition) is 2. The van der Waals surface area contributed by atoms with Crippen LogP contribution in [0.5, 0.6) is 0 Å². The first-order valence-electron chi connectivity index (χ1n) is 27.4. The fourth-order valence-electron chi connectivity index (χ4n) is 8.52. The number of aromatic nitrogens is 3. The number of fused-ring (bicyclic) bond motifs is 1. The molecule has 75 heavy (non-hydrogen) atoms. The van der Waals surface area contributed by atoms with Crippen LogP contribution in [0.1, 0.15) is 202 Å². The molecule has 1 unspecified atom stereocenters. The van der Waals surface area contributed by atoms with Crippen molar-refractivity contribution >= 4 is 69.4 Å². The van der Waals surface area contributed by atoms with Crippen LogP contribution in [0.3, 0.4) is 0 Å². The van der Waals surface area contributed by atoms with Crippen LogP contribution < -0.4 is 10.6 Å². The Kier molecular flexibility index (Phi) is 32.3. The Morgan fingerprint density at radius 1 is 0.787 bits per heavy atom. The number of hydrazone groups is 1. The molecule has 2 fully saturated rings. The number of halogens is 2. The van der Waals surface area contributed by atoms with E-state index in [1.165, 1.54) is 56.2 Å². The number of methoxy groups -OCH3 is 1. The zero-order valence-electron chi connectivity index (χ0n) is 47.1. The molecule has 3 amide bonds. The van der Waals surface area contributed by atoms with Gasteiger partial charge in [0.05, 0.1) is 52.1 Å². The van der Waals surface area contributed by atoms with Crippen molar-refractivity contribution < 1.29 is 23.9 Å². The third-order valence-corrected chi connectivity index (χ3v) is 13.2. The van der Waals surface area contributed by atoms with E-state index in [1.807, 2.05) is 80.5 Å². The molecule has 1 atom stereocenters. The molecule has 2 aromatic carbocycles. The number of ether oxygens (including phenoxy) is 2. The Labute approximate surface area is 459 Å². The van der Waals surface area contributed by atoms with E-state index in [0.29, 0.717) is 64.8 Å². The average Bonchev–Trinajstić information content (AvgIpc) is 4.09. The van der Waals surface area contributed by atoms with Gasteiger partial charge < -0.3 is 20.1 Å². The monoisotopic (exact) mass is 1070 g/mol. The van der Waals surface area contributed by atoms with Gasteiger partial charge in [0.25, 0.3) is 17.7 Å². The first-order valence-corrected chi connectivity index (χ1v) is 28.2. The molecule has 4 aromatic rings. The molecule has 15 heteroatoms. The van der Waals surface area contributed by atoms with E-state index in [2.05, 4.69) is 50.5 Å². The Balaban J connectivity index is 0.000000385. The SMILES string of the molecule is C=C.CC.CC.CC.CCC1=NN(C(=O)c2ccc(NC(=O)c3cccnc3)cc2)CCC1.CCCc1nn(C2CCCCC2)c2cc(C(=O)NC3=C(Cl)C=NCCC3Cl)ccc12.CO/C(C)=C(/C)OC1CCCC1. The number of hydrogen-bond acceptors (Lipinski definition) is 9. The maximum absolute atomic E-state index is 13.0. The molecule has 0 radical (unpaired) electrons. The molecule has 0 bridgehead atoms. The van der Waals surface area contributed by atoms with E-state index in [-0.39, 0.29) is 23.1 Å². The van der Waals surface area contributed by atoms with Gasteiger partial charge in [0.15, 0.2) is 0 Å². The molecular formula is C60H88Cl2N8O5. The highest BCUT2D eigenvalue weighted by atomic mass is 35.5. The summed E-state index contributed by atoms with van der Waals surface area (Å²) < 4.78 is 13.0. The van der Waals surface area contributed by atoms with Crippen molar-refractivity contribution in [1.82, 2.24) is 25.1 Å². The molecule has 2 N–H and O–H groups in total. The molecule has 13 nitrogen and oxygen atoms in total. The molecule has 4 heterocycles. The van der Waals surface area contributed by atoms with Crippen molar-refractivity contribution in [3.8, 4) is 0 Å². The summed E-state index contributed by atoms with van der Waals surface area (Å²) in [6, 6.07) is 16.5. The summed E-state index contributed by atoms with van der Waals surface area (Å²) in [5.41, 5.74) is 6.00. The predicted octanol–water partition coefficient (Wildman–Crippen LogP) is 15.8. The zero-order valence-corrected chi connectivity index (χ0v) is 48.6. The molecule has 2 saturated carbocycles. The van der Waals surface area contributed by atoms with Crippen LogP contribution in [0.15, 0.2) is 112 Å². The van der Waals surface area contributed by atoms with Gasteiger partial charge in [0.2, 0.25) is 0 Å². The van der Waals surface area contributed by atoms with Crippen LogP contribution >= 0.6 is 23.2 Å². The van der Waals surface area contributed by atoms with Crippen LogP contribution in [-0.4, -0.2) is 81.1 Å². The first kappa shape index (κ1) is 65.3. The Morgan fingerprint density at radius 3 is 2.04 bits per heavy atom. The topological polar surface area (TPSA) is 152 Å².